The molecular formula is C11H10FNO3. The minimum Gasteiger partial charge on any atom is -0.392 e. The number of aliphatic hydroxyl groups is 1. The minimum atomic E-state index is -0.772. The van der Waals surface area contributed by atoms with Gasteiger partial charge in [0.25, 0.3) is 11.7 Å². The molecule has 0 fully saturated rings. The number of hydrogen-bond donors (Lipinski definition) is 1. The molecule has 0 saturated carbocycles. The molecule has 1 aliphatic rings. The van der Waals surface area contributed by atoms with Gasteiger partial charge >= 0.3 is 0 Å². The molecule has 2 rings (SSSR count). The second kappa shape index (κ2) is 3.68. The normalized spacial score (nSPS) is 16.6. The van der Waals surface area contributed by atoms with Crippen molar-refractivity contribution in [3.8, 4) is 0 Å². The van der Waals surface area contributed by atoms with Crippen LogP contribution in [0.3, 0.4) is 0 Å². The van der Waals surface area contributed by atoms with E-state index in [1.807, 2.05) is 0 Å². The van der Waals surface area contributed by atoms with Crippen molar-refractivity contribution in [1.82, 2.24) is 0 Å². The molecular weight excluding hydrogens is 213 g/mol. The van der Waals surface area contributed by atoms with Gasteiger partial charge in [0.2, 0.25) is 0 Å². The van der Waals surface area contributed by atoms with Crippen LogP contribution in [0.4, 0.5) is 10.1 Å². The van der Waals surface area contributed by atoms with E-state index in [1.165, 1.54) is 13.0 Å². The number of benzene rings is 1. The fourth-order valence-electron chi connectivity index (χ4n) is 1.71. The van der Waals surface area contributed by atoms with Gasteiger partial charge in [-0.2, -0.15) is 0 Å². The van der Waals surface area contributed by atoms with E-state index in [4.69, 9.17) is 0 Å². The standard InChI is InChI=1S/C11H10FNO3/c1-6(14)5-13-9-4-7(12)2-3-8(9)10(15)11(13)16/h2-4,6,14H,5H2,1H3. The number of rotatable bonds is 2. The summed E-state index contributed by atoms with van der Waals surface area (Å²) in [4.78, 5) is 24.2. The summed E-state index contributed by atoms with van der Waals surface area (Å²) >= 11 is 0. The van der Waals surface area contributed by atoms with Gasteiger partial charge in [-0.05, 0) is 25.1 Å². The molecule has 1 aliphatic heterocycles. The first-order chi connectivity index (χ1) is 7.50. The van der Waals surface area contributed by atoms with E-state index in [9.17, 15) is 19.1 Å². The molecule has 4 nitrogen and oxygen atoms in total. The van der Waals surface area contributed by atoms with Gasteiger partial charge in [0.1, 0.15) is 5.82 Å². The second-order valence-corrected chi connectivity index (χ2v) is 3.76. The van der Waals surface area contributed by atoms with Crippen LogP contribution in [0.5, 0.6) is 0 Å². The van der Waals surface area contributed by atoms with Gasteiger partial charge in [0.15, 0.2) is 0 Å². The van der Waals surface area contributed by atoms with Gasteiger partial charge in [-0.3, -0.25) is 9.59 Å². The highest BCUT2D eigenvalue weighted by Gasteiger charge is 2.36. The molecule has 1 amide bonds. The van der Waals surface area contributed by atoms with Crippen molar-refractivity contribution in [1.29, 1.82) is 0 Å². The average Bonchev–Trinajstić information content (AvgIpc) is 2.43. The van der Waals surface area contributed by atoms with E-state index in [2.05, 4.69) is 0 Å². The topological polar surface area (TPSA) is 57.6 Å². The molecule has 0 bridgehead atoms. The fourth-order valence-corrected chi connectivity index (χ4v) is 1.71. The molecule has 84 valence electrons. The van der Waals surface area contributed by atoms with E-state index in [-0.39, 0.29) is 17.8 Å². The van der Waals surface area contributed by atoms with Gasteiger partial charge in [-0.15, -0.1) is 0 Å². The molecule has 0 aliphatic carbocycles. The predicted octanol–water partition coefficient (Wildman–Crippen LogP) is 0.736. The van der Waals surface area contributed by atoms with Crippen LogP contribution >= 0.6 is 0 Å². The molecule has 0 spiro atoms. The van der Waals surface area contributed by atoms with Gasteiger partial charge in [0, 0.05) is 0 Å². The first-order valence-corrected chi connectivity index (χ1v) is 4.84. The van der Waals surface area contributed by atoms with Crippen LogP contribution in [-0.2, 0) is 4.79 Å². The maximum Gasteiger partial charge on any atom is 0.299 e. The van der Waals surface area contributed by atoms with Crippen LogP contribution in [0.15, 0.2) is 18.2 Å². The van der Waals surface area contributed by atoms with Gasteiger partial charge < -0.3 is 10.0 Å². The lowest BCUT2D eigenvalue weighted by molar-refractivity contribution is -0.114. The number of Topliss-reactive ketones (excluding diaryl/α,β-unsaturated/α-hetero) is 1. The summed E-state index contributed by atoms with van der Waals surface area (Å²) in [6.07, 6.45) is -0.772. The Bertz CT molecular complexity index is 470. The zero-order chi connectivity index (χ0) is 11.9. The Labute approximate surface area is 91.3 Å². The first kappa shape index (κ1) is 10.8. The van der Waals surface area contributed by atoms with Crippen LogP contribution in [-0.4, -0.2) is 29.4 Å². The Morgan fingerprint density at radius 2 is 2.12 bits per heavy atom. The largest absolute Gasteiger partial charge is 0.392 e. The lowest BCUT2D eigenvalue weighted by Crippen LogP contribution is -2.35. The number of fused-ring (bicyclic) bond motifs is 1. The Balaban J connectivity index is 2.47. The minimum absolute atomic E-state index is 0.0129. The van der Waals surface area contributed by atoms with Crippen LogP contribution in [0.2, 0.25) is 0 Å². The predicted molar refractivity (Wildman–Crippen MR) is 54.8 cm³/mol. The molecule has 5 heteroatoms. The molecule has 1 N–H and O–H groups in total. The van der Waals surface area contributed by atoms with Crippen molar-refractivity contribution in [2.75, 3.05) is 11.4 Å². The zero-order valence-corrected chi connectivity index (χ0v) is 8.61. The summed E-state index contributed by atoms with van der Waals surface area (Å²) in [5.41, 5.74) is 0.419. The lowest BCUT2D eigenvalue weighted by atomic mass is 10.1. The number of β-amino-alcohol motifs (C(OH)–C–C–N with tert-alkyl or cyclic N) is 1. The molecule has 1 aromatic rings. The summed E-state index contributed by atoms with van der Waals surface area (Å²) in [7, 11) is 0. The number of aliphatic hydroxyl groups excluding tert-OH is 1. The maximum atomic E-state index is 13.0. The molecule has 1 atom stereocenters. The van der Waals surface area contributed by atoms with Crippen LogP contribution < -0.4 is 4.90 Å². The Hall–Kier alpha value is -1.75. The van der Waals surface area contributed by atoms with Gasteiger partial charge in [-0.25, -0.2) is 4.39 Å². The zero-order valence-electron chi connectivity index (χ0n) is 8.61. The van der Waals surface area contributed by atoms with E-state index < -0.39 is 23.6 Å². The molecule has 1 aromatic carbocycles. The van der Waals surface area contributed by atoms with Crippen molar-refractivity contribution < 1.29 is 19.1 Å². The van der Waals surface area contributed by atoms with E-state index >= 15 is 0 Å². The van der Waals surface area contributed by atoms with E-state index in [1.54, 1.807) is 0 Å². The Kier molecular flexibility index (Phi) is 2.47. The summed E-state index contributed by atoms with van der Waals surface area (Å²) < 4.78 is 13.0. The number of hydrogen-bond acceptors (Lipinski definition) is 3. The van der Waals surface area contributed by atoms with Gasteiger partial charge in [0.05, 0.1) is 23.9 Å². The van der Waals surface area contributed by atoms with Crippen molar-refractivity contribution in [3.05, 3.63) is 29.6 Å². The lowest BCUT2D eigenvalue weighted by Gasteiger charge is -2.17. The number of nitrogens with zero attached hydrogens (tertiary/aromatic N) is 1. The molecule has 0 radical (unpaired) electrons. The maximum absolute atomic E-state index is 13.0. The fraction of sp³-hybridized carbons (Fsp3) is 0.273. The highest BCUT2D eigenvalue weighted by molar-refractivity contribution is 6.52. The first-order valence-electron chi connectivity index (χ1n) is 4.84. The van der Waals surface area contributed by atoms with Crippen LogP contribution in [0.1, 0.15) is 17.3 Å². The third kappa shape index (κ3) is 1.59. The number of anilines is 1. The van der Waals surface area contributed by atoms with Crippen molar-refractivity contribution in [2.45, 2.75) is 13.0 Å². The number of amides is 1. The molecule has 1 unspecified atom stereocenters. The van der Waals surface area contributed by atoms with Crippen LogP contribution in [0.25, 0.3) is 0 Å². The molecule has 1 heterocycles. The Morgan fingerprint density at radius 1 is 1.44 bits per heavy atom. The summed E-state index contributed by atoms with van der Waals surface area (Å²) in [5.74, 6) is -1.89. The van der Waals surface area contributed by atoms with Crippen molar-refractivity contribution in [2.24, 2.45) is 0 Å². The quantitative estimate of drug-likeness (QED) is 0.752. The average molecular weight is 223 g/mol. The Morgan fingerprint density at radius 3 is 2.75 bits per heavy atom. The van der Waals surface area contributed by atoms with E-state index in [0.717, 1.165) is 17.0 Å². The number of halogens is 1. The smallest absolute Gasteiger partial charge is 0.299 e. The second-order valence-electron chi connectivity index (χ2n) is 3.76. The van der Waals surface area contributed by atoms with E-state index in [0.29, 0.717) is 0 Å². The monoisotopic (exact) mass is 223 g/mol. The van der Waals surface area contributed by atoms with Crippen molar-refractivity contribution in [3.63, 3.8) is 0 Å². The summed E-state index contributed by atoms with van der Waals surface area (Å²) in [5, 5.41) is 9.21. The summed E-state index contributed by atoms with van der Waals surface area (Å²) in [6.45, 7) is 1.48. The third-order valence-corrected chi connectivity index (χ3v) is 2.38. The SMILES string of the molecule is CC(O)CN1C(=O)C(=O)c2ccc(F)cc21. The number of carbonyl (C=O) groups is 2. The summed E-state index contributed by atoms with van der Waals surface area (Å²) in [6, 6.07) is 3.54. The molecule has 0 aromatic heterocycles. The number of carbonyl (C=O) groups excluding carboxylic acids is 2. The number of ketones is 1. The molecule has 0 saturated heterocycles. The third-order valence-electron chi connectivity index (χ3n) is 2.38. The van der Waals surface area contributed by atoms with Crippen molar-refractivity contribution >= 4 is 17.4 Å². The van der Waals surface area contributed by atoms with Gasteiger partial charge in [-0.1, -0.05) is 0 Å². The highest BCUT2D eigenvalue weighted by Crippen LogP contribution is 2.29. The molecule has 16 heavy (non-hydrogen) atoms. The van der Waals surface area contributed by atoms with Crippen LogP contribution in [0, 0.1) is 5.82 Å². The highest BCUT2D eigenvalue weighted by atomic mass is 19.1.